The molecular weight excluding hydrogens is 413 g/mol. The molecule has 0 spiro atoms. The van der Waals surface area contributed by atoms with Gasteiger partial charge in [-0.2, -0.15) is 5.10 Å². The van der Waals surface area contributed by atoms with E-state index < -0.39 is 4.92 Å². The van der Waals surface area contributed by atoms with Gasteiger partial charge in [0.15, 0.2) is 11.5 Å². The number of ether oxygens (including phenoxy) is 2. The summed E-state index contributed by atoms with van der Waals surface area (Å²) in [5.74, 6) is 1.30. The average Bonchev–Trinajstić information content (AvgIpc) is 2.54. The molecule has 0 radical (unpaired) electrons. The van der Waals surface area contributed by atoms with E-state index in [0.29, 0.717) is 17.2 Å². The molecule has 0 saturated carbocycles. The Bertz CT molecular complexity index is 732. The third-order valence-corrected chi connectivity index (χ3v) is 3.74. The summed E-state index contributed by atoms with van der Waals surface area (Å²) in [5.41, 5.74) is 4.34. The van der Waals surface area contributed by atoms with E-state index in [4.69, 9.17) is 9.47 Å². The van der Waals surface area contributed by atoms with Crippen molar-refractivity contribution in [1.82, 2.24) is 0 Å². The van der Waals surface area contributed by atoms with Gasteiger partial charge < -0.3 is 9.47 Å². The molecule has 0 aliphatic rings. The van der Waals surface area contributed by atoms with Crippen molar-refractivity contribution in [3.05, 3.63) is 55.6 Å². The summed E-state index contributed by atoms with van der Waals surface area (Å²) in [6, 6.07) is 9.72. The van der Waals surface area contributed by atoms with Gasteiger partial charge >= 0.3 is 0 Å². The minimum absolute atomic E-state index is 0.0361. The van der Waals surface area contributed by atoms with Crippen molar-refractivity contribution < 1.29 is 14.4 Å². The summed E-state index contributed by atoms with van der Waals surface area (Å²) in [4.78, 5) is 10.1. The topological polar surface area (TPSA) is 86.0 Å². The van der Waals surface area contributed by atoms with E-state index in [1.54, 1.807) is 32.6 Å². The summed E-state index contributed by atoms with van der Waals surface area (Å²) in [6.45, 7) is 0. The van der Waals surface area contributed by atoms with Crippen LogP contribution in [0, 0.1) is 13.7 Å². The Kier molecular flexibility index (Phi) is 5.74. The lowest BCUT2D eigenvalue weighted by Crippen LogP contribution is -1.96. The summed E-state index contributed by atoms with van der Waals surface area (Å²) in [6.07, 6.45) is 1.63. The molecular formula is C15H14IN3O4. The highest BCUT2D eigenvalue weighted by Gasteiger charge is 2.09. The molecule has 23 heavy (non-hydrogen) atoms. The molecule has 0 aliphatic heterocycles. The third-order valence-electron chi connectivity index (χ3n) is 2.94. The maximum absolute atomic E-state index is 10.6. The van der Waals surface area contributed by atoms with Crippen molar-refractivity contribution >= 4 is 40.2 Å². The number of nitrogens with one attached hydrogen (secondary N) is 1. The number of anilines is 1. The number of hydrogen-bond donors (Lipinski definition) is 1. The highest BCUT2D eigenvalue weighted by Crippen LogP contribution is 2.33. The molecule has 7 nitrogen and oxygen atoms in total. The van der Waals surface area contributed by atoms with Crippen LogP contribution in [-0.4, -0.2) is 25.4 Å². The molecule has 8 heteroatoms. The van der Waals surface area contributed by atoms with Crippen LogP contribution in [-0.2, 0) is 0 Å². The SMILES string of the molecule is COc1cc(/C=N/Nc2ccc([N+](=O)[O-])cc2)cc(I)c1OC. The number of non-ortho nitro benzene ring substituents is 1. The zero-order valence-electron chi connectivity index (χ0n) is 12.4. The maximum atomic E-state index is 10.6. The van der Waals surface area contributed by atoms with Crippen LogP contribution in [0.2, 0.25) is 0 Å². The molecule has 0 amide bonds. The van der Waals surface area contributed by atoms with Gasteiger partial charge in [-0.15, -0.1) is 0 Å². The molecule has 0 fully saturated rings. The zero-order chi connectivity index (χ0) is 16.8. The predicted molar refractivity (Wildman–Crippen MR) is 96.6 cm³/mol. The van der Waals surface area contributed by atoms with E-state index in [-0.39, 0.29) is 5.69 Å². The van der Waals surface area contributed by atoms with Gasteiger partial charge in [-0.3, -0.25) is 15.5 Å². The number of rotatable bonds is 6. The van der Waals surface area contributed by atoms with Crippen LogP contribution in [0.25, 0.3) is 0 Å². The number of hydrogen-bond acceptors (Lipinski definition) is 6. The van der Waals surface area contributed by atoms with Crippen LogP contribution in [0.1, 0.15) is 5.56 Å². The molecule has 0 saturated heterocycles. The van der Waals surface area contributed by atoms with Gasteiger partial charge in [0.2, 0.25) is 0 Å². The molecule has 0 aliphatic carbocycles. The van der Waals surface area contributed by atoms with E-state index in [0.717, 1.165) is 9.13 Å². The van der Waals surface area contributed by atoms with Gasteiger partial charge in [0, 0.05) is 12.1 Å². The molecule has 2 aromatic rings. The van der Waals surface area contributed by atoms with Gasteiger partial charge in [-0.1, -0.05) is 0 Å². The second kappa shape index (κ2) is 7.77. The molecule has 0 atom stereocenters. The van der Waals surface area contributed by atoms with Crippen molar-refractivity contribution in [3.63, 3.8) is 0 Å². The molecule has 0 heterocycles. The number of hydrazone groups is 1. The molecule has 2 rings (SSSR count). The van der Waals surface area contributed by atoms with E-state index in [9.17, 15) is 10.1 Å². The summed E-state index contributed by atoms with van der Waals surface area (Å²) in [7, 11) is 3.16. The Morgan fingerprint density at radius 2 is 1.91 bits per heavy atom. The van der Waals surface area contributed by atoms with Crippen molar-refractivity contribution in [3.8, 4) is 11.5 Å². The van der Waals surface area contributed by atoms with Gasteiger partial charge in [0.1, 0.15) is 0 Å². The van der Waals surface area contributed by atoms with Crippen LogP contribution in [0.5, 0.6) is 11.5 Å². The number of nitro benzene ring substituents is 1. The zero-order valence-corrected chi connectivity index (χ0v) is 14.6. The first kappa shape index (κ1) is 17.0. The average molecular weight is 427 g/mol. The Morgan fingerprint density at radius 1 is 1.22 bits per heavy atom. The summed E-state index contributed by atoms with van der Waals surface area (Å²) in [5, 5.41) is 14.7. The van der Waals surface area contributed by atoms with E-state index >= 15 is 0 Å². The second-order valence-electron chi connectivity index (χ2n) is 4.41. The first-order valence-corrected chi connectivity index (χ1v) is 7.58. The largest absolute Gasteiger partial charge is 0.493 e. The Balaban J connectivity index is 2.11. The molecule has 2 aromatic carbocycles. The first-order valence-electron chi connectivity index (χ1n) is 6.50. The molecule has 120 valence electrons. The molecule has 1 N–H and O–H groups in total. The Morgan fingerprint density at radius 3 is 2.48 bits per heavy atom. The van der Waals surface area contributed by atoms with Crippen LogP contribution in [0.3, 0.4) is 0 Å². The monoisotopic (exact) mass is 427 g/mol. The third kappa shape index (κ3) is 4.31. The predicted octanol–water partition coefficient (Wildman–Crippen LogP) is 3.66. The standard InChI is InChI=1S/C15H14IN3O4/c1-22-14-8-10(7-13(16)15(14)23-2)9-17-18-11-3-5-12(6-4-11)19(20)21/h3-9,18H,1-2H3/b17-9+. The molecule has 0 aromatic heterocycles. The highest BCUT2D eigenvalue weighted by molar-refractivity contribution is 14.1. The van der Waals surface area contributed by atoms with Gasteiger partial charge in [0.05, 0.1) is 34.6 Å². The van der Waals surface area contributed by atoms with Crippen molar-refractivity contribution in [2.75, 3.05) is 19.6 Å². The number of nitro groups is 1. The quantitative estimate of drug-likeness (QED) is 0.329. The smallest absolute Gasteiger partial charge is 0.269 e. The Labute approximate surface area is 146 Å². The fourth-order valence-corrected chi connectivity index (χ4v) is 2.70. The van der Waals surface area contributed by atoms with Crippen LogP contribution in [0.15, 0.2) is 41.5 Å². The Hall–Kier alpha value is -2.36. The van der Waals surface area contributed by atoms with Crippen molar-refractivity contribution in [1.29, 1.82) is 0 Å². The van der Waals surface area contributed by atoms with Gasteiger partial charge in [0.25, 0.3) is 5.69 Å². The van der Waals surface area contributed by atoms with Crippen LogP contribution >= 0.6 is 22.6 Å². The summed E-state index contributed by atoms with van der Waals surface area (Å²) >= 11 is 2.16. The summed E-state index contributed by atoms with van der Waals surface area (Å²) < 4.78 is 11.5. The van der Waals surface area contributed by atoms with E-state index in [1.165, 1.54) is 12.1 Å². The highest BCUT2D eigenvalue weighted by atomic mass is 127. The number of halogens is 1. The van der Waals surface area contributed by atoms with Gasteiger partial charge in [-0.25, -0.2) is 0 Å². The normalized spacial score (nSPS) is 10.6. The van der Waals surface area contributed by atoms with E-state index in [1.807, 2.05) is 12.1 Å². The maximum Gasteiger partial charge on any atom is 0.269 e. The first-order chi connectivity index (χ1) is 11.0. The molecule has 0 bridgehead atoms. The molecule has 0 unspecified atom stereocenters. The van der Waals surface area contributed by atoms with Crippen molar-refractivity contribution in [2.24, 2.45) is 5.10 Å². The lowest BCUT2D eigenvalue weighted by molar-refractivity contribution is -0.384. The van der Waals surface area contributed by atoms with Crippen LogP contribution in [0.4, 0.5) is 11.4 Å². The number of nitrogens with zero attached hydrogens (tertiary/aromatic N) is 2. The lowest BCUT2D eigenvalue weighted by Gasteiger charge is -2.10. The fourth-order valence-electron chi connectivity index (χ4n) is 1.85. The van der Waals surface area contributed by atoms with Crippen molar-refractivity contribution in [2.45, 2.75) is 0 Å². The number of methoxy groups -OCH3 is 2. The minimum atomic E-state index is -0.446. The number of benzene rings is 2. The van der Waals surface area contributed by atoms with E-state index in [2.05, 4.69) is 33.1 Å². The second-order valence-corrected chi connectivity index (χ2v) is 5.57. The minimum Gasteiger partial charge on any atom is -0.493 e. The fraction of sp³-hybridized carbons (Fsp3) is 0.133. The lowest BCUT2D eigenvalue weighted by atomic mass is 10.2. The van der Waals surface area contributed by atoms with Crippen LogP contribution < -0.4 is 14.9 Å². The van der Waals surface area contributed by atoms with Gasteiger partial charge in [-0.05, 0) is 52.4 Å².